The Morgan fingerprint density at radius 3 is 2.21 bits per heavy atom. The minimum Gasteiger partial charge on any atom is -0.300 e. The van der Waals surface area contributed by atoms with Gasteiger partial charge in [0.1, 0.15) is 13.2 Å². The van der Waals surface area contributed by atoms with Crippen LogP contribution in [0, 0.1) is 5.41 Å². The molecule has 0 aromatic carbocycles. The normalized spacial score (nSPS) is 26.1. The molecule has 0 unspecified atom stereocenters. The first-order chi connectivity index (χ1) is 6.12. The largest absolute Gasteiger partial charge is 0.534 e. The molecule has 9 heteroatoms. The number of halogens is 1. The molecule has 1 heterocycles. The molecule has 1 rings (SSSR count). The first-order valence-electron chi connectivity index (χ1n) is 3.77. The number of hydrogen-bond acceptors (Lipinski definition) is 4. The van der Waals surface area contributed by atoms with Crippen molar-refractivity contribution in [3.05, 3.63) is 0 Å². The zero-order valence-electron chi connectivity index (χ0n) is 7.71. The molecule has 6 nitrogen and oxygen atoms in total. The van der Waals surface area contributed by atoms with Gasteiger partial charge in [-0.2, -0.15) is 9.05 Å². The van der Waals surface area contributed by atoms with E-state index in [0.717, 1.165) is 0 Å². The number of rotatable bonds is 2. The summed E-state index contributed by atoms with van der Waals surface area (Å²) in [5.74, 6) is 0. The van der Waals surface area contributed by atoms with Crippen LogP contribution in [-0.4, -0.2) is 23.0 Å². The predicted molar refractivity (Wildman–Crippen MR) is 51.6 cm³/mol. The van der Waals surface area contributed by atoms with Crippen molar-refractivity contribution in [3.8, 4) is 0 Å². The lowest BCUT2D eigenvalue weighted by atomic mass is 9.97. The molecule has 0 spiro atoms. The summed E-state index contributed by atoms with van der Waals surface area (Å²) in [6.45, 7) is 4.24. The second-order valence-electron chi connectivity index (χ2n) is 3.71. The van der Waals surface area contributed by atoms with Gasteiger partial charge in [0.15, 0.2) is 11.2 Å². The van der Waals surface area contributed by atoms with Crippen molar-refractivity contribution < 1.29 is 27.7 Å². The van der Waals surface area contributed by atoms with Crippen LogP contribution in [0.25, 0.3) is 0 Å². The molecule has 1 aliphatic rings. The summed E-state index contributed by atoms with van der Waals surface area (Å²) in [4.78, 5) is 17.1. The van der Waals surface area contributed by atoms with Crippen molar-refractivity contribution in [1.82, 2.24) is 0 Å². The van der Waals surface area contributed by atoms with Gasteiger partial charge in [-0.05, 0) is 4.31 Å². The standard InChI is InChI=1S/C5H11ClO6P2/c1-5(2)3-10-13(6,11-4-5)12-14(7,8)9/h3-4H2,1-2H3,(H-,7,8,9)/p+1. The molecule has 84 valence electrons. The first kappa shape index (κ1) is 12.8. The molecule has 2 N–H and O–H groups in total. The Labute approximate surface area is 87.1 Å². The van der Waals surface area contributed by atoms with E-state index in [-0.39, 0.29) is 18.6 Å². The van der Waals surface area contributed by atoms with Gasteiger partial charge in [-0.25, -0.2) is 4.57 Å². The maximum absolute atomic E-state index is 10.5. The minimum atomic E-state index is -4.67. The van der Waals surface area contributed by atoms with Crippen LogP contribution in [-0.2, 0) is 17.9 Å². The van der Waals surface area contributed by atoms with Crippen LogP contribution in [0.3, 0.4) is 0 Å². The molecule has 0 aromatic heterocycles. The summed E-state index contributed by atoms with van der Waals surface area (Å²) in [6, 6.07) is 0. The van der Waals surface area contributed by atoms with Crippen LogP contribution < -0.4 is 0 Å². The van der Waals surface area contributed by atoms with E-state index in [2.05, 4.69) is 4.31 Å². The zero-order chi connectivity index (χ0) is 11.0. The Hall–Kier alpha value is 0.750. The molecule has 0 bridgehead atoms. The summed E-state index contributed by atoms with van der Waals surface area (Å²) in [6.07, 6.45) is 0. The Kier molecular flexibility index (Phi) is 3.63. The Morgan fingerprint density at radius 2 is 1.86 bits per heavy atom. The van der Waals surface area contributed by atoms with E-state index < -0.39 is 15.1 Å². The SMILES string of the molecule is CC1(C)CO[P+](Cl)(OP(=O)(O)O)OC1. The fourth-order valence-corrected chi connectivity index (χ4v) is 4.25. The highest BCUT2D eigenvalue weighted by atomic mass is 35.7. The van der Waals surface area contributed by atoms with E-state index in [0.29, 0.717) is 0 Å². The van der Waals surface area contributed by atoms with Crippen molar-refractivity contribution in [2.24, 2.45) is 5.41 Å². The highest BCUT2D eigenvalue weighted by Gasteiger charge is 2.56. The Balaban J connectivity index is 2.58. The van der Waals surface area contributed by atoms with E-state index in [1.54, 1.807) is 0 Å². The average molecular weight is 266 g/mol. The van der Waals surface area contributed by atoms with E-state index in [1.165, 1.54) is 0 Å². The molecule has 14 heavy (non-hydrogen) atoms. The Morgan fingerprint density at radius 1 is 1.43 bits per heavy atom. The minimum absolute atomic E-state index is 0.226. The summed E-state index contributed by atoms with van der Waals surface area (Å²) in [5.41, 5.74) is -0.226. The van der Waals surface area contributed by atoms with Gasteiger partial charge in [0.25, 0.3) is 0 Å². The van der Waals surface area contributed by atoms with Crippen molar-refractivity contribution in [2.75, 3.05) is 13.2 Å². The maximum atomic E-state index is 10.5. The molecule has 1 saturated heterocycles. The summed E-state index contributed by atoms with van der Waals surface area (Å²) in [5, 5.41) is 0. The molecule has 0 aromatic rings. The van der Waals surface area contributed by atoms with Crippen LogP contribution in [0.2, 0.25) is 0 Å². The topological polar surface area (TPSA) is 85.2 Å². The molecule has 0 aliphatic carbocycles. The molecule has 0 amide bonds. The smallest absolute Gasteiger partial charge is 0.300 e. The fraction of sp³-hybridized carbons (Fsp3) is 1.00. The second-order valence-corrected chi connectivity index (χ2v) is 7.97. The van der Waals surface area contributed by atoms with Crippen molar-refractivity contribution >= 4 is 26.4 Å². The summed E-state index contributed by atoms with van der Waals surface area (Å²) in [7, 11) is -8.03. The van der Waals surface area contributed by atoms with Crippen LogP contribution in [0.5, 0.6) is 0 Å². The monoisotopic (exact) mass is 265 g/mol. The third kappa shape index (κ3) is 4.09. The molecular weight excluding hydrogens is 253 g/mol. The highest BCUT2D eigenvalue weighted by molar-refractivity contribution is 7.90. The fourth-order valence-electron chi connectivity index (χ4n) is 0.757. The lowest BCUT2D eigenvalue weighted by Gasteiger charge is -2.29. The molecule has 0 radical (unpaired) electrons. The zero-order valence-corrected chi connectivity index (χ0v) is 10.3. The predicted octanol–water partition coefficient (Wildman–Crippen LogP) is 2.09. The molecule has 1 fully saturated rings. The van der Waals surface area contributed by atoms with Gasteiger partial charge >= 0.3 is 15.1 Å². The van der Waals surface area contributed by atoms with Gasteiger partial charge in [-0.1, -0.05) is 13.8 Å². The summed E-state index contributed by atoms with van der Waals surface area (Å²) >= 11 is 5.64. The highest BCUT2D eigenvalue weighted by Crippen LogP contribution is 2.76. The van der Waals surface area contributed by atoms with Gasteiger partial charge in [-0.15, -0.1) is 0 Å². The van der Waals surface area contributed by atoms with Crippen LogP contribution in [0.15, 0.2) is 0 Å². The van der Waals surface area contributed by atoms with E-state index >= 15 is 0 Å². The Bertz CT molecular complexity index is 253. The number of hydrogen-bond donors (Lipinski definition) is 2. The third-order valence-corrected chi connectivity index (χ3v) is 5.07. The van der Waals surface area contributed by atoms with Crippen LogP contribution in [0.1, 0.15) is 13.8 Å². The van der Waals surface area contributed by atoms with Crippen LogP contribution in [0.4, 0.5) is 0 Å². The van der Waals surface area contributed by atoms with Crippen molar-refractivity contribution in [2.45, 2.75) is 13.8 Å². The third-order valence-electron chi connectivity index (χ3n) is 1.42. The second kappa shape index (κ2) is 3.96. The molecule has 1 aliphatic heterocycles. The summed E-state index contributed by atoms with van der Waals surface area (Å²) < 4.78 is 24.8. The molecule has 0 atom stereocenters. The number of phosphoric acid groups is 1. The van der Waals surface area contributed by atoms with Crippen molar-refractivity contribution in [1.29, 1.82) is 0 Å². The van der Waals surface area contributed by atoms with Crippen molar-refractivity contribution in [3.63, 3.8) is 0 Å². The van der Waals surface area contributed by atoms with Crippen LogP contribution >= 0.6 is 26.4 Å². The van der Waals surface area contributed by atoms with Gasteiger partial charge in [-0.3, -0.25) is 0 Å². The molecule has 0 saturated carbocycles. The van der Waals surface area contributed by atoms with E-state index in [9.17, 15) is 4.57 Å². The maximum Gasteiger partial charge on any atom is 0.534 e. The molecular formula is C5H12ClO6P2+. The van der Waals surface area contributed by atoms with Gasteiger partial charge in [0.05, 0.1) is 0 Å². The average Bonchev–Trinajstić information content (AvgIpc) is 1.93. The quantitative estimate of drug-likeness (QED) is 0.744. The van der Waals surface area contributed by atoms with E-state index in [1.807, 2.05) is 13.8 Å². The van der Waals surface area contributed by atoms with Gasteiger partial charge in [0.2, 0.25) is 0 Å². The van der Waals surface area contributed by atoms with Gasteiger partial charge in [0, 0.05) is 5.41 Å². The van der Waals surface area contributed by atoms with E-state index in [4.69, 9.17) is 30.1 Å². The first-order valence-corrected chi connectivity index (χ1v) is 7.74. The lowest BCUT2D eigenvalue weighted by molar-refractivity contribution is 0.0340. The van der Waals surface area contributed by atoms with Gasteiger partial charge < -0.3 is 9.79 Å². The lowest BCUT2D eigenvalue weighted by Crippen LogP contribution is -2.30.